The quantitative estimate of drug-likeness (QED) is 0.647. The molecule has 1 aromatic carbocycles. The van der Waals surface area contributed by atoms with E-state index in [0.29, 0.717) is 23.1 Å². The molecule has 5 rings (SSSR count). The van der Waals surface area contributed by atoms with Crippen molar-refractivity contribution in [3.8, 4) is 0 Å². The third-order valence-corrected chi connectivity index (χ3v) is 5.81. The lowest BCUT2D eigenvalue weighted by molar-refractivity contribution is -0.152. The monoisotopic (exact) mass is 341 g/mol. The highest BCUT2D eigenvalue weighted by Crippen LogP contribution is 2.63. The summed E-state index contributed by atoms with van der Waals surface area (Å²) in [5.41, 5.74) is 0.934. The first-order chi connectivity index (χ1) is 12.0. The predicted octanol–water partition coefficient (Wildman–Crippen LogP) is 2.18. The Bertz CT molecular complexity index is 769. The Morgan fingerprint density at radius 3 is 2.20 bits per heavy atom. The first-order valence-electron chi connectivity index (χ1n) is 8.41. The topological polar surface area (TPSA) is 92.7 Å². The molecule has 130 valence electrons. The fraction of sp³-hybridized carbons (Fsp3) is 0.421. The Labute approximate surface area is 144 Å². The number of hydrogen-bond acceptors (Lipinski definition) is 4. The molecule has 6 atom stereocenters. The van der Waals surface area contributed by atoms with Gasteiger partial charge in [0.05, 0.1) is 24.5 Å². The lowest BCUT2D eigenvalue weighted by atomic mass is 9.62. The van der Waals surface area contributed by atoms with Crippen molar-refractivity contribution in [3.63, 3.8) is 0 Å². The predicted molar refractivity (Wildman–Crippen MR) is 88.7 cm³/mol. The third-order valence-electron chi connectivity index (χ3n) is 5.81. The van der Waals surface area contributed by atoms with Crippen LogP contribution in [0.25, 0.3) is 0 Å². The molecule has 0 saturated heterocycles. The third kappa shape index (κ3) is 2.52. The Kier molecular flexibility index (Phi) is 3.63. The van der Waals surface area contributed by atoms with Gasteiger partial charge in [0, 0.05) is 5.69 Å². The van der Waals surface area contributed by atoms with Gasteiger partial charge in [-0.1, -0.05) is 12.2 Å². The van der Waals surface area contributed by atoms with Crippen molar-refractivity contribution in [1.29, 1.82) is 0 Å². The van der Waals surface area contributed by atoms with Crippen LogP contribution in [0.3, 0.4) is 0 Å². The van der Waals surface area contributed by atoms with Crippen LogP contribution in [-0.2, 0) is 14.3 Å². The van der Waals surface area contributed by atoms with Crippen LogP contribution in [0, 0.1) is 35.5 Å². The molecule has 1 aromatic rings. The number of esters is 1. The lowest BCUT2D eigenvalue weighted by Crippen LogP contribution is -2.48. The molecule has 25 heavy (non-hydrogen) atoms. The molecular weight excluding hydrogens is 322 g/mol. The smallest absolute Gasteiger partial charge is 0.337 e. The number of hydrogen-bond donors (Lipinski definition) is 2. The number of carboxylic acids is 1. The fourth-order valence-corrected chi connectivity index (χ4v) is 4.60. The highest BCUT2D eigenvalue weighted by molar-refractivity contribution is 5.97. The molecule has 4 aliphatic rings. The number of allylic oxidation sites excluding steroid dienone is 2. The highest BCUT2D eigenvalue weighted by Gasteiger charge is 2.62. The molecule has 0 heterocycles. The van der Waals surface area contributed by atoms with Gasteiger partial charge in [0.25, 0.3) is 0 Å². The van der Waals surface area contributed by atoms with Crippen molar-refractivity contribution in [3.05, 3.63) is 42.0 Å². The number of anilines is 1. The maximum atomic E-state index is 12.8. The van der Waals surface area contributed by atoms with Gasteiger partial charge >= 0.3 is 11.9 Å². The second-order valence-corrected chi connectivity index (χ2v) is 7.05. The van der Waals surface area contributed by atoms with Gasteiger partial charge < -0.3 is 15.2 Å². The number of benzene rings is 1. The Balaban J connectivity index is 1.53. The fourth-order valence-electron chi connectivity index (χ4n) is 4.60. The molecule has 0 aliphatic heterocycles. The minimum absolute atomic E-state index is 0.00504. The normalized spacial score (nSPS) is 34.1. The number of carbonyl (C=O) groups is 3. The van der Waals surface area contributed by atoms with Gasteiger partial charge in [0.1, 0.15) is 0 Å². The summed E-state index contributed by atoms with van der Waals surface area (Å²) in [6, 6.07) is 6.38. The Morgan fingerprint density at radius 1 is 1.04 bits per heavy atom. The number of carboxylic acid groups (broad SMARTS) is 1. The number of aliphatic carboxylic acids is 1. The standard InChI is InChI=1S/C19H19NO5/c1-25-19(24)9-2-4-10(5-3-9)20-17(21)15-11-6-7-12(14-8-13(11)14)16(15)18(22)23/h2-7,11-16H,8H2,1H3,(H,20,21)(H,22,23)/t11-,12-,13-,14-,15+,16+/m0/s1. The number of carbonyl (C=O) groups excluding carboxylic acids is 2. The molecule has 2 N–H and O–H groups in total. The van der Waals surface area contributed by atoms with Gasteiger partial charge in [-0.05, 0) is 54.4 Å². The lowest BCUT2D eigenvalue weighted by Gasteiger charge is -2.41. The van der Waals surface area contributed by atoms with E-state index in [2.05, 4.69) is 10.1 Å². The van der Waals surface area contributed by atoms with Gasteiger partial charge in [-0.25, -0.2) is 4.79 Å². The van der Waals surface area contributed by atoms with Crippen LogP contribution in [0.5, 0.6) is 0 Å². The zero-order chi connectivity index (χ0) is 17.7. The second-order valence-electron chi connectivity index (χ2n) is 7.05. The van der Waals surface area contributed by atoms with E-state index in [-0.39, 0.29) is 17.7 Å². The van der Waals surface area contributed by atoms with E-state index in [1.807, 2.05) is 12.2 Å². The Morgan fingerprint density at radius 2 is 1.64 bits per heavy atom. The van der Waals surface area contributed by atoms with E-state index in [9.17, 15) is 19.5 Å². The molecule has 1 amide bonds. The van der Waals surface area contributed by atoms with Crippen molar-refractivity contribution < 1.29 is 24.2 Å². The van der Waals surface area contributed by atoms with Crippen molar-refractivity contribution >= 4 is 23.5 Å². The second kappa shape index (κ2) is 5.72. The maximum absolute atomic E-state index is 12.8. The molecule has 6 nitrogen and oxygen atoms in total. The van der Waals surface area contributed by atoms with Crippen molar-refractivity contribution in [2.75, 3.05) is 12.4 Å². The summed E-state index contributed by atoms with van der Waals surface area (Å²) in [7, 11) is 1.31. The minimum atomic E-state index is -0.897. The molecule has 2 fully saturated rings. The van der Waals surface area contributed by atoms with Crippen LogP contribution in [-0.4, -0.2) is 30.1 Å². The van der Waals surface area contributed by atoms with E-state index in [0.717, 1.165) is 6.42 Å². The van der Waals surface area contributed by atoms with Gasteiger partial charge in [0.2, 0.25) is 5.91 Å². The van der Waals surface area contributed by atoms with Gasteiger partial charge in [0.15, 0.2) is 0 Å². The maximum Gasteiger partial charge on any atom is 0.337 e. The Hall–Kier alpha value is -2.63. The summed E-state index contributed by atoms with van der Waals surface area (Å²) in [5.74, 6) is -1.96. The summed E-state index contributed by atoms with van der Waals surface area (Å²) in [6.45, 7) is 0. The summed E-state index contributed by atoms with van der Waals surface area (Å²) in [6.07, 6.45) is 5.04. The molecular formula is C19H19NO5. The largest absolute Gasteiger partial charge is 0.481 e. The van der Waals surface area contributed by atoms with Crippen LogP contribution >= 0.6 is 0 Å². The number of nitrogens with one attached hydrogen (secondary N) is 1. The van der Waals surface area contributed by atoms with E-state index in [4.69, 9.17) is 0 Å². The number of amides is 1. The first kappa shape index (κ1) is 15.9. The van der Waals surface area contributed by atoms with Crippen LogP contribution in [0.15, 0.2) is 36.4 Å². The average Bonchev–Trinajstić information content (AvgIpc) is 3.43. The molecule has 2 bridgehead atoms. The summed E-state index contributed by atoms with van der Waals surface area (Å²) >= 11 is 0. The molecule has 0 spiro atoms. The van der Waals surface area contributed by atoms with Crippen LogP contribution in [0.4, 0.5) is 5.69 Å². The molecule has 0 radical (unpaired) electrons. The molecule has 2 saturated carbocycles. The zero-order valence-corrected chi connectivity index (χ0v) is 13.7. The highest BCUT2D eigenvalue weighted by atomic mass is 16.5. The van der Waals surface area contributed by atoms with Crippen molar-refractivity contribution in [2.24, 2.45) is 35.5 Å². The number of methoxy groups -OCH3 is 1. The summed E-state index contributed by atoms with van der Waals surface area (Å²) in [4.78, 5) is 36.0. The van der Waals surface area contributed by atoms with Gasteiger partial charge in [-0.2, -0.15) is 0 Å². The van der Waals surface area contributed by atoms with Gasteiger partial charge in [-0.15, -0.1) is 0 Å². The van der Waals surface area contributed by atoms with Crippen LogP contribution < -0.4 is 5.32 Å². The average molecular weight is 341 g/mol. The summed E-state index contributed by atoms with van der Waals surface area (Å²) in [5, 5.41) is 12.5. The van der Waals surface area contributed by atoms with E-state index in [1.165, 1.54) is 7.11 Å². The van der Waals surface area contributed by atoms with Gasteiger partial charge in [-0.3, -0.25) is 9.59 Å². The molecule has 0 aromatic heterocycles. The van der Waals surface area contributed by atoms with Crippen LogP contribution in [0.2, 0.25) is 0 Å². The van der Waals surface area contributed by atoms with Crippen molar-refractivity contribution in [1.82, 2.24) is 0 Å². The van der Waals surface area contributed by atoms with E-state index >= 15 is 0 Å². The number of ether oxygens (including phenoxy) is 1. The van der Waals surface area contributed by atoms with E-state index in [1.54, 1.807) is 24.3 Å². The summed E-state index contributed by atoms with van der Waals surface area (Å²) < 4.78 is 4.64. The molecule has 4 aliphatic carbocycles. The molecule has 6 heteroatoms. The molecule has 0 unspecified atom stereocenters. The zero-order valence-electron chi connectivity index (χ0n) is 13.7. The number of fused-ring (bicyclic) bond motifs is 1. The first-order valence-corrected chi connectivity index (χ1v) is 8.41. The van der Waals surface area contributed by atoms with E-state index < -0.39 is 23.8 Å². The minimum Gasteiger partial charge on any atom is -0.481 e. The van der Waals surface area contributed by atoms with Crippen LogP contribution in [0.1, 0.15) is 16.8 Å². The number of rotatable bonds is 4. The SMILES string of the molecule is COC(=O)c1ccc(NC(=O)[C@@H]2[C@H]3C=C[C@@H]([C@@H]4C[C@@H]34)[C@H]2C(=O)O)cc1. The van der Waals surface area contributed by atoms with Crippen molar-refractivity contribution in [2.45, 2.75) is 6.42 Å².